The quantitative estimate of drug-likeness (QED) is 0.340. The molecule has 0 saturated heterocycles. The molecule has 0 aliphatic rings. The second kappa shape index (κ2) is 8.34. The van der Waals surface area contributed by atoms with Crippen LogP contribution in [-0.2, 0) is 6.54 Å². The number of halogens is 3. The average Bonchev–Trinajstić information content (AvgIpc) is 3.11. The molecular weight excluding hydrogens is 424 g/mol. The van der Waals surface area contributed by atoms with Crippen molar-refractivity contribution in [1.29, 1.82) is 0 Å². The molecule has 1 aromatic heterocycles. The largest absolute Gasteiger partial charge is 0.478 e. The van der Waals surface area contributed by atoms with Crippen molar-refractivity contribution in [3.8, 4) is 0 Å². The van der Waals surface area contributed by atoms with Gasteiger partial charge in [-0.2, -0.15) is 0 Å². The normalized spacial score (nSPS) is 11.4. The van der Waals surface area contributed by atoms with Gasteiger partial charge in [-0.1, -0.05) is 53.6 Å². The van der Waals surface area contributed by atoms with E-state index in [1.807, 2.05) is 35.0 Å². The van der Waals surface area contributed by atoms with Gasteiger partial charge in [0.1, 0.15) is 5.82 Å². The highest BCUT2D eigenvalue weighted by atomic mass is 35.5. The Hall–Kier alpha value is -3.08. The van der Waals surface area contributed by atoms with Gasteiger partial charge in [0.2, 0.25) is 0 Å². The van der Waals surface area contributed by atoms with Crippen molar-refractivity contribution >= 4 is 52.2 Å². The number of aromatic nitrogens is 1. The number of benzene rings is 3. The van der Waals surface area contributed by atoms with Gasteiger partial charge in [0.25, 0.3) is 0 Å². The molecule has 0 amide bonds. The summed E-state index contributed by atoms with van der Waals surface area (Å²) in [5, 5.41) is 11.0. The summed E-state index contributed by atoms with van der Waals surface area (Å²) in [7, 11) is 0. The molecule has 1 N–H and O–H groups in total. The standard InChI is InChI=1S/C24H16Cl2FNO2/c25-18-8-6-15(4-5-16-7-9-19(26)13-22(16)27)17(12-18)14-28-11-10-20-21(24(29)30)2-1-3-23(20)28/h1-13H,14H2,(H,29,30)/b5-4+. The minimum absolute atomic E-state index is 0.260. The number of hydrogen-bond donors (Lipinski definition) is 1. The van der Waals surface area contributed by atoms with Crippen molar-refractivity contribution in [2.45, 2.75) is 6.54 Å². The van der Waals surface area contributed by atoms with Crippen molar-refractivity contribution in [2.75, 3.05) is 0 Å². The zero-order chi connectivity index (χ0) is 21.3. The third-order valence-corrected chi connectivity index (χ3v) is 5.36. The molecule has 0 unspecified atom stereocenters. The minimum Gasteiger partial charge on any atom is -0.478 e. The van der Waals surface area contributed by atoms with E-state index >= 15 is 0 Å². The summed E-state index contributed by atoms with van der Waals surface area (Å²) >= 11 is 12.0. The van der Waals surface area contributed by atoms with Crippen molar-refractivity contribution in [2.24, 2.45) is 0 Å². The van der Waals surface area contributed by atoms with E-state index in [4.69, 9.17) is 23.2 Å². The van der Waals surface area contributed by atoms with Crippen molar-refractivity contribution in [3.05, 3.63) is 105 Å². The number of carboxylic acid groups (broad SMARTS) is 1. The van der Waals surface area contributed by atoms with E-state index in [1.54, 1.807) is 42.5 Å². The van der Waals surface area contributed by atoms with E-state index in [0.717, 1.165) is 16.6 Å². The third-order valence-electron chi connectivity index (χ3n) is 4.89. The van der Waals surface area contributed by atoms with Gasteiger partial charge in [0.05, 0.1) is 5.56 Å². The van der Waals surface area contributed by atoms with E-state index < -0.39 is 11.8 Å². The average molecular weight is 440 g/mol. The molecule has 0 spiro atoms. The molecule has 3 nitrogen and oxygen atoms in total. The Kier molecular flexibility index (Phi) is 5.62. The first-order chi connectivity index (χ1) is 14.4. The van der Waals surface area contributed by atoms with Gasteiger partial charge < -0.3 is 9.67 Å². The Morgan fingerprint density at radius 2 is 1.67 bits per heavy atom. The lowest BCUT2D eigenvalue weighted by Crippen LogP contribution is -2.01. The van der Waals surface area contributed by atoms with Gasteiger partial charge in [-0.25, -0.2) is 9.18 Å². The van der Waals surface area contributed by atoms with Crippen LogP contribution >= 0.6 is 23.2 Å². The molecule has 150 valence electrons. The van der Waals surface area contributed by atoms with Crippen molar-refractivity contribution < 1.29 is 14.3 Å². The number of fused-ring (bicyclic) bond motifs is 1. The van der Waals surface area contributed by atoms with Crippen LogP contribution in [0.15, 0.2) is 66.9 Å². The van der Waals surface area contributed by atoms with Crippen molar-refractivity contribution in [3.63, 3.8) is 0 Å². The fourth-order valence-corrected chi connectivity index (χ4v) is 3.77. The summed E-state index contributed by atoms with van der Waals surface area (Å²) in [5.41, 5.74) is 3.30. The van der Waals surface area contributed by atoms with Gasteiger partial charge >= 0.3 is 5.97 Å². The topological polar surface area (TPSA) is 42.2 Å². The van der Waals surface area contributed by atoms with Crippen LogP contribution in [0.5, 0.6) is 0 Å². The van der Waals surface area contributed by atoms with E-state index in [0.29, 0.717) is 27.5 Å². The number of carbonyl (C=O) groups is 1. The molecule has 4 aromatic rings. The summed E-state index contributed by atoms with van der Waals surface area (Å²) in [6.45, 7) is 0.482. The molecule has 3 aromatic carbocycles. The molecule has 0 atom stereocenters. The number of carboxylic acids is 1. The van der Waals surface area contributed by atoms with Crippen LogP contribution in [0.3, 0.4) is 0 Å². The van der Waals surface area contributed by atoms with Gasteiger partial charge in [-0.05, 0) is 53.6 Å². The number of aromatic carboxylic acids is 1. The molecule has 1 heterocycles. The molecule has 0 bridgehead atoms. The molecule has 30 heavy (non-hydrogen) atoms. The van der Waals surface area contributed by atoms with Crippen molar-refractivity contribution in [1.82, 2.24) is 4.57 Å². The fourth-order valence-electron chi connectivity index (χ4n) is 3.42. The second-order valence-electron chi connectivity index (χ2n) is 6.83. The van der Waals surface area contributed by atoms with Crippen LogP contribution in [0.4, 0.5) is 4.39 Å². The molecule has 6 heteroatoms. The maximum atomic E-state index is 14.1. The Morgan fingerprint density at radius 3 is 2.40 bits per heavy atom. The van der Waals surface area contributed by atoms with Crippen LogP contribution in [0.1, 0.15) is 27.0 Å². The van der Waals surface area contributed by atoms with E-state index in [9.17, 15) is 14.3 Å². The smallest absolute Gasteiger partial charge is 0.336 e. The van der Waals surface area contributed by atoms with E-state index in [1.165, 1.54) is 6.07 Å². The van der Waals surface area contributed by atoms with Crippen LogP contribution in [0.25, 0.3) is 23.1 Å². The molecule has 0 radical (unpaired) electrons. The van der Waals surface area contributed by atoms with Crippen LogP contribution in [0, 0.1) is 5.82 Å². The summed E-state index contributed by atoms with van der Waals surface area (Å²) < 4.78 is 16.1. The third kappa shape index (κ3) is 4.11. The van der Waals surface area contributed by atoms with Gasteiger partial charge in [-0.3, -0.25) is 0 Å². The zero-order valence-corrected chi connectivity index (χ0v) is 17.2. The highest BCUT2D eigenvalue weighted by molar-refractivity contribution is 6.31. The summed E-state index contributed by atoms with van der Waals surface area (Å²) in [6.07, 6.45) is 5.37. The Labute approximate surface area is 182 Å². The fraction of sp³-hybridized carbons (Fsp3) is 0.0417. The van der Waals surface area contributed by atoms with Gasteiger partial charge in [0.15, 0.2) is 0 Å². The number of nitrogens with zero attached hydrogens (tertiary/aromatic N) is 1. The zero-order valence-electron chi connectivity index (χ0n) is 15.6. The van der Waals surface area contributed by atoms with E-state index in [2.05, 4.69) is 0 Å². The lowest BCUT2D eigenvalue weighted by molar-refractivity contribution is 0.0699. The maximum absolute atomic E-state index is 14.1. The summed E-state index contributed by atoms with van der Waals surface area (Å²) in [5.74, 6) is -1.36. The lowest BCUT2D eigenvalue weighted by atomic mass is 10.1. The molecule has 0 saturated carbocycles. The summed E-state index contributed by atoms with van der Waals surface area (Å²) in [6, 6.07) is 17.0. The Bertz CT molecular complexity index is 1290. The number of rotatable bonds is 5. The van der Waals surface area contributed by atoms with Gasteiger partial charge in [-0.15, -0.1) is 0 Å². The second-order valence-corrected chi connectivity index (χ2v) is 7.70. The Balaban J connectivity index is 1.71. The predicted molar refractivity (Wildman–Crippen MR) is 120 cm³/mol. The Morgan fingerprint density at radius 1 is 0.967 bits per heavy atom. The van der Waals surface area contributed by atoms with Crippen LogP contribution in [0.2, 0.25) is 10.0 Å². The maximum Gasteiger partial charge on any atom is 0.336 e. The van der Waals surface area contributed by atoms with Crippen LogP contribution in [-0.4, -0.2) is 15.6 Å². The molecular formula is C24H16Cl2FNO2. The first kappa shape index (κ1) is 20.2. The molecule has 0 aliphatic carbocycles. The predicted octanol–water partition coefficient (Wildman–Crippen LogP) is 7.00. The monoisotopic (exact) mass is 439 g/mol. The van der Waals surface area contributed by atoms with E-state index in [-0.39, 0.29) is 5.56 Å². The van der Waals surface area contributed by atoms with Gasteiger partial charge in [0, 0.05) is 39.3 Å². The first-order valence-corrected chi connectivity index (χ1v) is 9.90. The molecule has 4 rings (SSSR count). The highest BCUT2D eigenvalue weighted by Crippen LogP contribution is 2.25. The first-order valence-electron chi connectivity index (χ1n) is 9.15. The molecule has 0 fully saturated rings. The minimum atomic E-state index is -0.963. The van der Waals surface area contributed by atoms with Crippen LogP contribution < -0.4 is 0 Å². The summed E-state index contributed by atoms with van der Waals surface area (Å²) in [4.78, 5) is 11.5. The highest BCUT2D eigenvalue weighted by Gasteiger charge is 2.12. The SMILES string of the molecule is O=C(O)c1cccc2c1ccn2Cc1cc(Cl)ccc1/C=C/c1ccc(Cl)cc1F. The lowest BCUT2D eigenvalue weighted by Gasteiger charge is -2.10. The number of hydrogen-bond acceptors (Lipinski definition) is 1. The molecule has 0 aliphatic heterocycles.